The summed E-state index contributed by atoms with van der Waals surface area (Å²) >= 11 is 6.91. The smallest absolute Gasteiger partial charge is 0.347 e. The van der Waals surface area contributed by atoms with Gasteiger partial charge in [-0.15, -0.1) is 11.3 Å². The van der Waals surface area contributed by atoms with E-state index in [0.717, 1.165) is 11.3 Å². The molecular weight excluding hydrogens is 224 g/mol. The molecule has 14 heavy (non-hydrogen) atoms. The van der Waals surface area contributed by atoms with Crippen LogP contribution in [-0.4, -0.2) is 16.2 Å². The molecule has 1 heterocycles. The average molecular weight is 229 g/mol. The van der Waals surface area contributed by atoms with E-state index in [4.69, 9.17) is 16.7 Å². The summed E-state index contributed by atoms with van der Waals surface area (Å²) in [7, 11) is 0. The van der Waals surface area contributed by atoms with E-state index in [0.29, 0.717) is 10.1 Å². The van der Waals surface area contributed by atoms with Crippen LogP contribution in [-0.2, 0) is 0 Å². The molecule has 0 aliphatic heterocycles. The summed E-state index contributed by atoms with van der Waals surface area (Å²) in [5.74, 6) is -0.942. The van der Waals surface area contributed by atoms with Gasteiger partial charge in [0.05, 0.1) is 5.02 Å². The number of carboxylic acids is 1. The molecule has 0 radical (unpaired) electrons. The molecule has 2 rings (SSSR count). The summed E-state index contributed by atoms with van der Waals surface area (Å²) in [5, 5.41) is 18.9. The maximum Gasteiger partial charge on any atom is 0.347 e. The van der Waals surface area contributed by atoms with Crippen molar-refractivity contribution < 1.29 is 15.0 Å². The molecule has 2 aromatic rings. The second-order valence-electron chi connectivity index (χ2n) is 2.73. The van der Waals surface area contributed by atoms with Crippen LogP contribution < -0.4 is 0 Å². The minimum atomic E-state index is -1.05. The number of fused-ring (bicyclic) bond motifs is 1. The van der Waals surface area contributed by atoms with Gasteiger partial charge in [-0.25, -0.2) is 4.79 Å². The van der Waals surface area contributed by atoms with Gasteiger partial charge in [0.1, 0.15) is 10.6 Å². The number of carboxylic acid groups (broad SMARTS) is 1. The molecule has 0 bridgehead atoms. The number of hydrogen-bond donors (Lipinski definition) is 2. The molecule has 3 nitrogen and oxygen atoms in total. The fourth-order valence-corrected chi connectivity index (χ4v) is 2.58. The number of aromatic hydroxyl groups is 1. The Morgan fingerprint density at radius 2 is 2.14 bits per heavy atom. The Balaban J connectivity index is 2.79. The number of aromatic carboxylic acids is 1. The van der Waals surface area contributed by atoms with Gasteiger partial charge in [0, 0.05) is 10.1 Å². The van der Waals surface area contributed by atoms with Crippen LogP contribution in [0, 0.1) is 0 Å². The van der Waals surface area contributed by atoms with E-state index in [1.54, 1.807) is 6.07 Å². The topological polar surface area (TPSA) is 57.5 Å². The predicted octanol–water partition coefficient (Wildman–Crippen LogP) is 2.96. The molecule has 1 aromatic carbocycles. The number of rotatable bonds is 1. The fraction of sp³-hybridized carbons (Fsp3) is 0. The quantitative estimate of drug-likeness (QED) is 0.789. The molecule has 0 spiro atoms. The number of carbonyl (C=O) groups is 1. The molecule has 1 aromatic heterocycles. The molecular formula is C9H5ClO3S. The van der Waals surface area contributed by atoms with E-state index in [2.05, 4.69) is 0 Å². The Morgan fingerprint density at radius 1 is 1.43 bits per heavy atom. The normalized spacial score (nSPS) is 10.6. The summed E-state index contributed by atoms with van der Waals surface area (Å²) in [6, 6.07) is 4.58. The van der Waals surface area contributed by atoms with E-state index in [-0.39, 0.29) is 15.6 Å². The Bertz CT molecular complexity index is 518. The lowest BCUT2D eigenvalue weighted by molar-refractivity contribution is 0.0702. The third kappa shape index (κ3) is 1.32. The third-order valence-electron chi connectivity index (χ3n) is 1.81. The van der Waals surface area contributed by atoms with Gasteiger partial charge in [0.2, 0.25) is 0 Å². The zero-order valence-corrected chi connectivity index (χ0v) is 8.39. The molecule has 5 heteroatoms. The first kappa shape index (κ1) is 9.30. The van der Waals surface area contributed by atoms with Crippen molar-refractivity contribution >= 4 is 39.0 Å². The minimum Gasteiger partial charge on any atom is -0.508 e. The highest BCUT2D eigenvalue weighted by Gasteiger charge is 2.15. The molecule has 0 saturated heterocycles. The first-order valence-electron chi connectivity index (χ1n) is 3.74. The van der Waals surface area contributed by atoms with Crippen molar-refractivity contribution in [1.29, 1.82) is 0 Å². The number of phenolic OH excluding ortho intramolecular Hbond substituents is 1. The van der Waals surface area contributed by atoms with Crippen LogP contribution in [0.1, 0.15) is 9.67 Å². The maximum atomic E-state index is 10.7. The summed E-state index contributed by atoms with van der Waals surface area (Å²) in [5.41, 5.74) is 0. The van der Waals surface area contributed by atoms with Gasteiger partial charge in [-0.2, -0.15) is 0 Å². The van der Waals surface area contributed by atoms with Crippen LogP contribution in [0.4, 0.5) is 0 Å². The van der Waals surface area contributed by atoms with Crippen molar-refractivity contribution in [3.8, 4) is 5.75 Å². The molecule has 0 fully saturated rings. The molecule has 0 amide bonds. The lowest BCUT2D eigenvalue weighted by Gasteiger charge is -1.91. The molecule has 0 saturated carbocycles. The SMILES string of the molecule is O=C(O)c1sc2cc(O)ccc2c1Cl. The number of phenols is 1. The molecule has 0 aliphatic carbocycles. The largest absolute Gasteiger partial charge is 0.508 e. The number of thiophene rings is 1. The highest BCUT2D eigenvalue weighted by atomic mass is 35.5. The van der Waals surface area contributed by atoms with E-state index in [1.165, 1.54) is 12.1 Å². The number of hydrogen-bond acceptors (Lipinski definition) is 3. The monoisotopic (exact) mass is 228 g/mol. The van der Waals surface area contributed by atoms with Gasteiger partial charge in [0.15, 0.2) is 0 Å². The van der Waals surface area contributed by atoms with Gasteiger partial charge in [-0.05, 0) is 18.2 Å². The summed E-state index contributed by atoms with van der Waals surface area (Å²) in [6.45, 7) is 0. The summed E-state index contributed by atoms with van der Waals surface area (Å²) in [6.07, 6.45) is 0. The van der Waals surface area contributed by atoms with E-state index >= 15 is 0 Å². The standard InChI is InChI=1S/C9H5ClO3S/c10-7-5-2-1-4(11)3-6(5)14-8(7)9(12)13/h1-3,11H,(H,12,13). The summed E-state index contributed by atoms with van der Waals surface area (Å²) in [4.78, 5) is 10.8. The van der Waals surface area contributed by atoms with Gasteiger partial charge < -0.3 is 10.2 Å². The second-order valence-corrected chi connectivity index (χ2v) is 4.16. The van der Waals surface area contributed by atoms with Crippen molar-refractivity contribution in [2.75, 3.05) is 0 Å². The third-order valence-corrected chi connectivity index (χ3v) is 3.45. The van der Waals surface area contributed by atoms with Crippen LogP contribution in [0.5, 0.6) is 5.75 Å². The Hall–Kier alpha value is -1.26. The van der Waals surface area contributed by atoms with Gasteiger partial charge in [-0.3, -0.25) is 0 Å². The fourth-order valence-electron chi connectivity index (χ4n) is 1.19. The summed E-state index contributed by atoms with van der Waals surface area (Å²) < 4.78 is 0.674. The van der Waals surface area contributed by atoms with Gasteiger partial charge in [0.25, 0.3) is 0 Å². The van der Waals surface area contributed by atoms with Gasteiger partial charge >= 0.3 is 5.97 Å². The lowest BCUT2D eigenvalue weighted by Crippen LogP contribution is -1.91. The minimum absolute atomic E-state index is 0.104. The van der Waals surface area contributed by atoms with Crippen LogP contribution in [0.3, 0.4) is 0 Å². The van der Waals surface area contributed by atoms with Crippen LogP contribution in [0.2, 0.25) is 5.02 Å². The van der Waals surface area contributed by atoms with Crippen molar-refractivity contribution in [1.82, 2.24) is 0 Å². The van der Waals surface area contributed by atoms with E-state index < -0.39 is 5.97 Å². The van der Waals surface area contributed by atoms with Crippen molar-refractivity contribution in [3.63, 3.8) is 0 Å². The number of halogens is 1. The zero-order chi connectivity index (χ0) is 10.3. The van der Waals surface area contributed by atoms with Crippen molar-refractivity contribution in [2.45, 2.75) is 0 Å². The second kappa shape index (κ2) is 3.15. The highest BCUT2D eigenvalue weighted by molar-refractivity contribution is 7.21. The first-order valence-corrected chi connectivity index (χ1v) is 4.93. The van der Waals surface area contributed by atoms with E-state index in [9.17, 15) is 9.90 Å². The van der Waals surface area contributed by atoms with Crippen LogP contribution in [0.25, 0.3) is 10.1 Å². The Morgan fingerprint density at radius 3 is 2.79 bits per heavy atom. The Labute approximate surface area is 88.2 Å². The maximum absolute atomic E-state index is 10.7. The van der Waals surface area contributed by atoms with Gasteiger partial charge in [-0.1, -0.05) is 11.6 Å². The van der Waals surface area contributed by atoms with E-state index in [1.807, 2.05) is 0 Å². The Kier molecular flexibility index (Phi) is 2.09. The molecule has 72 valence electrons. The highest BCUT2D eigenvalue weighted by Crippen LogP contribution is 2.36. The average Bonchev–Trinajstić information content (AvgIpc) is 2.43. The first-order chi connectivity index (χ1) is 6.59. The van der Waals surface area contributed by atoms with Crippen molar-refractivity contribution in [2.24, 2.45) is 0 Å². The van der Waals surface area contributed by atoms with Crippen LogP contribution in [0.15, 0.2) is 18.2 Å². The van der Waals surface area contributed by atoms with Crippen molar-refractivity contribution in [3.05, 3.63) is 28.1 Å². The molecule has 0 atom stereocenters. The van der Waals surface area contributed by atoms with Crippen LogP contribution >= 0.6 is 22.9 Å². The lowest BCUT2D eigenvalue weighted by atomic mass is 10.2. The molecule has 0 aliphatic rings. The molecule has 0 unspecified atom stereocenters. The number of benzene rings is 1. The molecule has 2 N–H and O–H groups in total. The predicted molar refractivity (Wildman–Crippen MR) is 55.5 cm³/mol. The zero-order valence-electron chi connectivity index (χ0n) is 6.82.